The summed E-state index contributed by atoms with van der Waals surface area (Å²) in [6.07, 6.45) is 1.40. The van der Waals surface area contributed by atoms with Gasteiger partial charge in [0.1, 0.15) is 0 Å². The zero-order chi connectivity index (χ0) is 13.9. The fraction of sp³-hybridized carbons (Fsp3) is 0.176. The number of aliphatic hydroxyl groups excluding tert-OH is 1. The number of nitrogens with zero attached hydrogens (tertiary/aromatic N) is 1. The number of fused-ring (bicyclic) bond motifs is 1. The first kappa shape index (κ1) is 12.9. The second kappa shape index (κ2) is 5.49. The van der Waals surface area contributed by atoms with E-state index >= 15 is 0 Å². The second-order valence-corrected chi connectivity index (χ2v) is 4.94. The Bertz CT molecular complexity index is 690. The van der Waals surface area contributed by atoms with Crippen molar-refractivity contribution < 1.29 is 5.11 Å². The molecule has 3 heteroatoms. The first-order chi connectivity index (χ1) is 9.81. The van der Waals surface area contributed by atoms with Gasteiger partial charge in [-0.2, -0.15) is 0 Å². The van der Waals surface area contributed by atoms with Crippen LogP contribution < -0.4 is 5.73 Å². The first-order valence-electron chi connectivity index (χ1n) is 6.80. The molecule has 0 radical (unpaired) electrons. The van der Waals surface area contributed by atoms with Gasteiger partial charge in [0, 0.05) is 18.3 Å². The maximum Gasteiger partial charge on any atom is 0.0910 e. The molecule has 2 atom stereocenters. The van der Waals surface area contributed by atoms with E-state index in [1.807, 2.05) is 48.7 Å². The van der Waals surface area contributed by atoms with E-state index in [4.69, 9.17) is 5.73 Å². The minimum absolute atomic E-state index is 0.166. The molecule has 0 fully saturated rings. The van der Waals surface area contributed by atoms with Gasteiger partial charge in [-0.1, -0.05) is 48.5 Å². The van der Waals surface area contributed by atoms with E-state index in [1.165, 1.54) is 0 Å². The van der Waals surface area contributed by atoms with Crippen LogP contribution in [-0.2, 0) is 0 Å². The normalized spacial score (nSPS) is 14.3. The summed E-state index contributed by atoms with van der Waals surface area (Å²) in [6, 6.07) is 20.1. The van der Waals surface area contributed by atoms with Crippen LogP contribution in [0.2, 0.25) is 0 Å². The fourth-order valence-electron chi connectivity index (χ4n) is 2.69. The highest BCUT2D eigenvalue weighted by atomic mass is 16.3. The molecule has 0 amide bonds. The fourth-order valence-corrected chi connectivity index (χ4v) is 2.69. The summed E-state index contributed by atoms with van der Waals surface area (Å²) in [5, 5.41) is 11.5. The summed E-state index contributed by atoms with van der Waals surface area (Å²) in [7, 11) is 0. The van der Waals surface area contributed by atoms with Crippen molar-refractivity contribution in [3.05, 3.63) is 72.4 Å². The van der Waals surface area contributed by atoms with Gasteiger partial charge in [-0.25, -0.2) is 0 Å². The molecule has 3 N–H and O–H groups in total. The Hall–Kier alpha value is -2.10. The van der Waals surface area contributed by atoms with E-state index in [9.17, 15) is 5.11 Å². The average molecular weight is 266 g/mol. The van der Waals surface area contributed by atoms with Crippen LogP contribution >= 0.6 is 0 Å². The predicted molar refractivity (Wildman–Crippen MR) is 81.6 cm³/mol. The Labute approximate surface area is 118 Å². The number of para-hydroxylation sites is 1. The quantitative estimate of drug-likeness (QED) is 0.762. The van der Waals surface area contributed by atoms with E-state index in [1.54, 1.807) is 0 Å². The molecule has 0 bridgehead atoms. The lowest BCUT2D eigenvalue weighted by molar-refractivity contribution is 0.140. The van der Waals surface area contributed by atoms with Gasteiger partial charge in [-0.3, -0.25) is 0 Å². The third kappa shape index (κ3) is 2.22. The highest BCUT2D eigenvalue weighted by Crippen LogP contribution is 2.27. The Morgan fingerprint density at radius 3 is 2.40 bits per heavy atom. The molecular formula is C17H18N2O. The van der Waals surface area contributed by atoms with Crippen LogP contribution in [0, 0.1) is 0 Å². The van der Waals surface area contributed by atoms with Crippen LogP contribution in [0.4, 0.5) is 0 Å². The van der Waals surface area contributed by atoms with Gasteiger partial charge in [0.05, 0.1) is 12.1 Å². The Morgan fingerprint density at radius 1 is 0.950 bits per heavy atom. The lowest BCUT2D eigenvalue weighted by Gasteiger charge is -2.25. The number of hydrogen-bond donors (Lipinski definition) is 2. The van der Waals surface area contributed by atoms with Crippen molar-refractivity contribution in [2.45, 2.75) is 12.1 Å². The van der Waals surface area contributed by atoms with Crippen LogP contribution in [0.15, 0.2) is 66.9 Å². The molecule has 1 heterocycles. The third-order valence-electron chi connectivity index (χ3n) is 3.68. The van der Waals surface area contributed by atoms with E-state index < -0.39 is 6.10 Å². The SMILES string of the molecule is NC[C@H](O)C(c1ccccc1)n1ccc2ccccc21. The van der Waals surface area contributed by atoms with Gasteiger partial charge >= 0.3 is 0 Å². The first-order valence-corrected chi connectivity index (χ1v) is 6.80. The smallest absolute Gasteiger partial charge is 0.0910 e. The molecule has 0 saturated carbocycles. The van der Waals surface area contributed by atoms with Crippen molar-refractivity contribution in [2.24, 2.45) is 5.73 Å². The maximum atomic E-state index is 10.4. The largest absolute Gasteiger partial charge is 0.389 e. The highest BCUT2D eigenvalue weighted by Gasteiger charge is 2.22. The zero-order valence-electron chi connectivity index (χ0n) is 11.2. The van der Waals surface area contributed by atoms with E-state index in [2.05, 4.69) is 22.8 Å². The molecule has 3 aromatic rings. The minimum atomic E-state index is -0.617. The van der Waals surface area contributed by atoms with Crippen LogP contribution in [0.3, 0.4) is 0 Å². The zero-order valence-corrected chi connectivity index (χ0v) is 11.2. The Kier molecular flexibility index (Phi) is 3.54. The number of rotatable bonds is 4. The summed E-state index contributed by atoms with van der Waals surface area (Å²) < 4.78 is 2.10. The van der Waals surface area contributed by atoms with Gasteiger partial charge < -0.3 is 15.4 Å². The number of hydrogen-bond acceptors (Lipinski definition) is 2. The average Bonchev–Trinajstić information content (AvgIpc) is 2.92. The Morgan fingerprint density at radius 2 is 1.65 bits per heavy atom. The minimum Gasteiger partial charge on any atom is -0.389 e. The lowest BCUT2D eigenvalue weighted by Crippen LogP contribution is -2.31. The van der Waals surface area contributed by atoms with E-state index in [-0.39, 0.29) is 12.6 Å². The maximum absolute atomic E-state index is 10.4. The van der Waals surface area contributed by atoms with Crippen molar-refractivity contribution in [1.82, 2.24) is 4.57 Å². The highest BCUT2D eigenvalue weighted by molar-refractivity contribution is 5.80. The molecule has 20 heavy (non-hydrogen) atoms. The number of aliphatic hydroxyl groups is 1. The van der Waals surface area contributed by atoms with Crippen molar-refractivity contribution in [1.29, 1.82) is 0 Å². The van der Waals surface area contributed by atoms with Gasteiger partial charge in [0.15, 0.2) is 0 Å². The molecule has 102 valence electrons. The van der Waals surface area contributed by atoms with Gasteiger partial charge in [-0.15, -0.1) is 0 Å². The van der Waals surface area contributed by atoms with Gasteiger partial charge in [0.25, 0.3) is 0 Å². The summed E-state index contributed by atoms with van der Waals surface area (Å²) in [6.45, 7) is 0.228. The summed E-state index contributed by atoms with van der Waals surface area (Å²) in [5.74, 6) is 0. The summed E-state index contributed by atoms with van der Waals surface area (Å²) >= 11 is 0. The second-order valence-electron chi connectivity index (χ2n) is 4.94. The molecule has 0 aliphatic heterocycles. The molecular weight excluding hydrogens is 248 g/mol. The van der Waals surface area contributed by atoms with Gasteiger partial charge in [-0.05, 0) is 23.1 Å². The number of aromatic nitrogens is 1. The van der Waals surface area contributed by atoms with Crippen molar-refractivity contribution >= 4 is 10.9 Å². The predicted octanol–water partition coefficient (Wildman–Crippen LogP) is 2.55. The topological polar surface area (TPSA) is 51.2 Å². The van der Waals surface area contributed by atoms with Crippen molar-refractivity contribution in [3.8, 4) is 0 Å². The number of nitrogens with two attached hydrogens (primary N) is 1. The summed E-state index contributed by atoms with van der Waals surface area (Å²) in [5.41, 5.74) is 7.86. The van der Waals surface area contributed by atoms with Crippen LogP contribution in [-0.4, -0.2) is 22.3 Å². The molecule has 0 spiro atoms. The van der Waals surface area contributed by atoms with Crippen molar-refractivity contribution in [3.63, 3.8) is 0 Å². The van der Waals surface area contributed by atoms with Crippen LogP contribution in [0.5, 0.6) is 0 Å². The third-order valence-corrected chi connectivity index (χ3v) is 3.68. The Balaban J connectivity index is 2.15. The molecule has 0 aliphatic rings. The molecule has 0 aliphatic carbocycles. The molecule has 2 aromatic carbocycles. The van der Waals surface area contributed by atoms with Gasteiger partial charge in [0.2, 0.25) is 0 Å². The molecule has 1 aromatic heterocycles. The number of benzene rings is 2. The van der Waals surface area contributed by atoms with Crippen molar-refractivity contribution in [2.75, 3.05) is 6.54 Å². The molecule has 0 saturated heterocycles. The lowest BCUT2D eigenvalue weighted by atomic mass is 10.0. The van der Waals surface area contributed by atoms with E-state index in [0.717, 1.165) is 16.5 Å². The standard InChI is InChI=1S/C17H18N2O/c18-12-16(20)17(14-7-2-1-3-8-14)19-11-10-13-6-4-5-9-15(13)19/h1-11,16-17,20H,12,18H2/t16-,17?/m0/s1. The van der Waals surface area contributed by atoms with Crippen LogP contribution in [0.25, 0.3) is 10.9 Å². The molecule has 3 rings (SSSR count). The van der Waals surface area contributed by atoms with E-state index in [0.29, 0.717) is 0 Å². The summed E-state index contributed by atoms with van der Waals surface area (Å²) in [4.78, 5) is 0. The molecule has 3 nitrogen and oxygen atoms in total. The monoisotopic (exact) mass is 266 g/mol. The molecule has 1 unspecified atom stereocenters. The van der Waals surface area contributed by atoms with Crippen LogP contribution in [0.1, 0.15) is 11.6 Å².